The molecule has 0 unspecified atom stereocenters. The lowest BCUT2D eigenvalue weighted by molar-refractivity contribution is -0.122. The van der Waals surface area contributed by atoms with E-state index >= 15 is 0 Å². The number of carbonyl (C=O) groups is 1. The van der Waals surface area contributed by atoms with Gasteiger partial charge >= 0.3 is 0 Å². The Morgan fingerprint density at radius 3 is 2.78 bits per heavy atom. The second kappa shape index (κ2) is 6.34. The fourth-order valence-electron chi connectivity index (χ4n) is 2.20. The fourth-order valence-corrected chi connectivity index (χ4v) is 2.72. The second-order valence-corrected chi connectivity index (χ2v) is 5.94. The minimum Gasteiger partial charge on any atom is -0.481 e. The molecule has 5 nitrogen and oxygen atoms in total. The van der Waals surface area contributed by atoms with Gasteiger partial charge in [0.1, 0.15) is 16.8 Å². The van der Waals surface area contributed by atoms with Crippen molar-refractivity contribution in [3.05, 3.63) is 47.5 Å². The quantitative estimate of drug-likeness (QED) is 0.793. The summed E-state index contributed by atoms with van der Waals surface area (Å²) in [6.45, 7) is 5.74. The molecule has 2 aromatic carbocycles. The normalized spacial score (nSPS) is 12.1. The summed E-state index contributed by atoms with van der Waals surface area (Å²) < 4.78 is 14.1. The zero-order valence-corrected chi connectivity index (χ0v) is 14.0. The number of benzene rings is 2. The van der Waals surface area contributed by atoms with E-state index in [1.165, 1.54) is 0 Å². The van der Waals surface area contributed by atoms with E-state index in [4.69, 9.17) is 4.74 Å². The number of rotatable bonds is 4. The smallest absolute Gasteiger partial charge is 0.265 e. The number of fused-ring (bicyclic) bond motifs is 1. The van der Waals surface area contributed by atoms with Gasteiger partial charge in [-0.1, -0.05) is 12.1 Å². The Bertz CT molecular complexity index is 860. The van der Waals surface area contributed by atoms with Crippen molar-refractivity contribution in [2.45, 2.75) is 26.9 Å². The van der Waals surface area contributed by atoms with Gasteiger partial charge in [0.15, 0.2) is 6.10 Å². The van der Waals surface area contributed by atoms with Crippen molar-refractivity contribution < 1.29 is 9.53 Å². The molecule has 0 fully saturated rings. The summed E-state index contributed by atoms with van der Waals surface area (Å²) in [5.74, 6) is 0.528. The Morgan fingerprint density at radius 2 is 1.96 bits per heavy atom. The average Bonchev–Trinajstić information content (AvgIpc) is 2.99. The molecule has 1 aromatic heterocycles. The van der Waals surface area contributed by atoms with Gasteiger partial charge in [-0.15, -0.1) is 0 Å². The van der Waals surface area contributed by atoms with Crippen molar-refractivity contribution >= 4 is 34.4 Å². The lowest BCUT2D eigenvalue weighted by atomic mass is 10.1. The van der Waals surface area contributed by atoms with Crippen LogP contribution >= 0.6 is 11.7 Å². The van der Waals surface area contributed by atoms with Crippen LogP contribution in [0.15, 0.2) is 36.4 Å². The Kier molecular flexibility index (Phi) is 4.25. The molecular formula is C17H17N3O2S. The molecule has 3 aromatic rings. The molecular weight excluding hydrogens is 310 g/mol. The van der Waals surface area contributed by atoms with E-state index in [-0.39, 0.29) is 5.91 Å². The van der Waals surface area contributed by atoms with E-state index in [9.17, 15) is 4.79 Å². The molecule has 0 aliphatic carbocycles. The number of amides is 1. The van der Waals surface area contributed by atoms with Crippen LogP contribution in [0.4, 0.5) is 5.69 Å². The maximum absolute atomic E-state index is 12.3. The van der Waals surface area contributed by atoms with Crippen molar-refractivity contribution in [3.8, 4) is 5.75 Å². The summed E-state index contributed by atoms with van der Waals surface area (Å²) in [6.07, 6.45) is -0.597. The summed E-state index contributed by atoms with van der Waals surface area (Å²) >= 11 is 1.15. The van der Waals surface area contributed by atoms with E-state index in [0.717, 1.165) is 39.6 Å². The Hall–Kier alpha value is -2.47. The van der Waals surface area contributed by atoms with Gasteiger partial charge < -0.3 is 10.1 Å². The monoisotopic (exact) mass is 327 g/mol. The molecule has 0 radical (unpaired) electrons. The number of nitrogens with zero attached hydrogens (tertiary/aromatic N) is 2. The third-order valence-corrected chi connectivity index (χ3v) is 4.31. The van der Waals surface area contributed by atoms with Crippen molar-refractivity contribution in [1.82, 2.24) is 8.75 Å². The van der Waals surface area contributed by atoms with Gasteiger partial charge in [-0.3, -0.25) is 4.79 Å². The van der Waals surface area contributed by atoms with Gasteiger partial charge in [0, 0.05) is 5.69 Å². The Labute approximate surface area is 138 Å². The van der Waals surface area contributed by atoms with Crippen molar-refractivity contribution in [2.24, 2.45) is 0 Å². The summed E-state index contributed by atoms with van der Waals surface area (Å²) in [5.41, 5.74) is 4.47. The summed E-state index contributed by atoms with van der Waals surface area (Å²) in [7, 11) is 0. The van der Waals surface area contributed by atoms with Crippen molar-refractivity contribution in [2.75, 3.05) is 5.32 Å². The van der Waals surface area contributed by atoms with E-state index < -0.39 is 6.10 Å². The number of ether oxygens (including phenoxy) is 1. The standard InChI is InChI=1S/C17H17N3O2S/c1-10-5-4-6-16(11(10)2)22-12(3)17(21)18-13-7-8-14-15(9-13)20-23-19-14/h4-9,12H,1-3H3,(H,18,21)/t12-/m0/s1. The van der Waals surface area contributed by atoms with Crippen LogP contribution in [0.25, 0.3) is 11.0 Å². The van der Waals surface area contributed by atoms with Gasteiger partial charge in [0.25, 0.3) is 5.91 Å². The number of nitrogens with one attached hydrogen (secondary N) is 1. The molecule has 0 aliphatic rings. The molecule has 3 rings (SSSR count). The summed E-state index contributed by atoms with van der Waals surface area (Å²) in [6, 6.07) is 11.3. The molecule has 0 bridgehead atoms. The van der Waals surface area contributed by atoms with Gasteiger partial charge in [0.2, 0.25) is 0 Å². The van der Waals surface area contributed by atoms with E-state index in [1.807, 2.05) is 44.2 Å². The fraction of sp³-hybridized carbons (Fsp3) is 0.235. The van der Waals surface area contributed by atoms with Gasteiger partial charge in [-0.25, -0.2) is 0 Å². The van der Waals surface area contributed by atoms with Gasteiger partial charge in [-0.2, -0.15) is 8.75 Å². The predicted molar refractivity (Wildman–Crippen MR) is 92.1 cm³/mol. The van der Waals surface area contributed by atoms with E-state index in [2.05, 4.69) is 14.1 Å². The van der Waals surface area contributed by atoms with Crippen LogP contribution in [0.5, 0.6) is 5.75 Å². The molecule has 0 saturated carbocycles. The maximum atomic E-state index is 12.3. The lowest BCUT2D eigenvalue weighted by Gasteiger charge is -2.17. The minimum atomic E-state index is -0.597. The number of carbonyl (C=O) groups excluding carboxylic acids is 1. The number of aryl methyl sites for hydroxylation is 1. The van der Waals surface area contributed by atoms with Gasteiger partial charge in [0.05, 0.1) is 11.7 Å². The number of anilines is 1. The van der Waals surface area contributed by atoms with E-state index in [1.54, 1.807) is 13.0 Å². The molecule has 0 aliphatic heterocycles. The molecule has 23 heavy (non-hydrogen) atoms. The van der Waals surface area contributed by atoms with Crippen LogP contribution in [0.1, 0.15) is 18.1 Å². The molecule has 1 amide bonds. The van der Waals surface area contributed by atoms with E-state index in [0.29, 0.717) is 5.69 Å². The Morgan fingerprint density at radius 1 is 1.17 bits per heavy atom. The van der Waals surface area contributed by atoms with Crippen LogP contribution in [0.3, 0.4) is 0 Å². The number of hydrogen-bond donors (Lipinski definition) is 1. The first-order chi connectivity index (χ1) is 11.0. The first-order valence-corrected chi connectivity index (χ1v) is 8.03. The number of aromatic nitrogens is 2. The highest BCUT2D eigenvalue weighted by Crippen LogP contribution is 2.22. The van der Waals surface area contributed by atoms with Crippen LogP contribution in [0.2, 0.25) is 0 Å². The maximum Gasteiger partial charge on any atom is 0.265 e. The number of hydrogen-bond acceptors (Lipinski definition) is 5. The van der Waals surface area contributed by atoms with Crippen molar-refractivity contribution in [1.29, 1.82) is 0 Å². The largest absolute Gasteiger partial charge is 0.481 e. The van der Waals surface area contributed by atoms with Crippen LogP contribution in [0, 0.1) is 13.8 Å². The third-order valence-electron chi connectivity index (χ3n) is 3.75. The van der Waals surface area contributed by atoms with Crippen LogP contribution in [-0.4, -0.2) is 20.8 Å². The zero-order valence-electron chi connectivity index (χ0n) is 13.2. The molecule has 118 valence electrons. The topological polar surface area (TPSA) is 64.1 Å². The highest BCUT2D eigenvalue weighted by atomic mass is 32.1. The lowest BCUT2D eigenvalue weighted by Crippen LogP contribution is -2.30. The minimum absolute atomic E-state index is 0.201. The molecule has 0 spiro atoms. The first kappa shape index (κ1) is 15.4. The predicted octanol–water partition coefficient (Wildman–Crippen LogP) is 3.71. The SMILES string of the molecule is Cc1cccc(O[C@@H](C)C(=O)Nc2ccc3nsnc3c2)c1C. The molecule has 6 heteroatoms. The first-order valence-electron chi connectivity index (χ1n) is 7.30. The Balaban J connectivity index is 1.70. The van der Waals surface area contributed by atoms with Gasteiger partial charge in [-0.05, 0) is 56.2 Å². The third kappa shape index (κ3) is 3.32. The van der Waals surface area contributed by atoms with Crippen LogP contribution in [-0.2, 0) is 4.79 Å². The van der Waals surface area contributed by atoms with Crippen molar-refractivity contribution in [3.63, 3.8) is 0 Å². The second-order valence-electron chi connectivity index (χ2n) is 5.42. The summed E-state index contributed by atoms with van der Waals surface area (Å²) in [5, 5.41) is 2.85. The summed E-state index contributed by atoms with van der Waals surface area (Å²) in [4.78, 5) is 12.3. The molecule has 1 heterocycles. The molecule has 0 saturated heterocycles. The highest BCUT2D eigenvalue weighted by Gasteiger charge is 2.16. The highest BCUT2D eigenvalue weighted by molar-refractivity contribution is 7.00. The average molecular weight is 327 g/mol. The zero-order chi connectivity index (χ0) is 16.4. The molecule has 1 atom stereocenters. The van der Waals surface area contributed by atoms with Crippen LogP contribution < -0.4 is 10.1 Å². The molecule has 1 N–H and O–H groups in total.